The summed E-state index contributed by atoms with van der Waals surface area (Å²) in [5.74, 6) is 3.61. The third-order valence-corrected chi connectivity index (χ3v) is 7.57. The summed E-state index contributed by atoms with van der Waals surface area (Å²) in [4.78, 5) is 48.4. The molecule has 15 nitrogen and oxygen atoms in total. The lowest BCUT2D eigenvalue weighted by molar-refractivity contribution is -0.150. The van der Waals surface area contributed by atoms with Crippen LogP contribution in [0.5, 0.6) is 0 Å². The van der Waals surface area contributed by atoms with E-state index in [-0.39, 0.29) is 28.0 Å². The number of oxime groups is 1. The number of rotatable bonds is 8. The number of nitrogen functional groups attached to an aromatic ring is 2. The number of thioether (sulfide) groups is 2. The molecule has 174 valence electrons. The fourth-order valence-electron chi connectivity index (χ4n) is 3.13. The fourth-order valence-corrected chi connectivity index (χ4v) is 5.96. The molecular formula is C15H16N10O5S3. The van der Waals surface area contributed by atoms with Crippen LogP contribution in [0.15, 0.2) is 27.0 Å². The van der Waals surface area contributed by atoms with Crippen molar-refractivity contribution >= 4 is 63.5 Å². The van der Waals surface area contributed by atoms with Gasteiger partial charge in [-0.25, -0.2) is 9.78 Å². The summed E-state index contributed by atoms with van der Waals surface area (Å²) < 4.78 is 0. The topological polar surface area (TPSA) is 217 Å². The van der Waals surface area contributed by atoms with E-state index in [2.05, 4.69) is 31.0 Å². The first-order chi connectivity index (χ1) is 15.8. The van der Waals surface area contributed by atoms with Crippen molar-refractivity contribution in [2.45, 2.75) is 16.6 Å². The van der Waals surface area contributed by atoms with Gasteiger partial charge in [-0.3, -0.25) is 14.5 Å². The molecule has 18 heteroatoms. The number of aliphatic carboxylic acids is 1. The minimum atomic E-state index is -1.25. The number of nitrogens with one attached hydrogen (secondary N) is 1. The molecule has 1 saturated heterocycles. The summed E-state index contributed by atoms with van der Waals surface area (Å²) in [6.07, 6.45) is 0. The molecule has 2 amide bonds. The number of nitrogens with zero attached hydrogens (tertiary/aromatic N) is 7. The number of aromatic nitrogens is 5. The Balaban J connectivity index is 1.49. The van der Waals surface area contributed by atoms with Crippen LogP contribution in [0.1, 0.15) is 5.69 Å². The van der Waals surface area contributed by atoms with Gasteiger partial charge in [0, 0.05) is 16.9 Å². The van der Waals surface area contributed by atoms with Gasteiger partial charge in [-0.05, 0) is 16.0 Å². The van der Waals surface area contributed by atoms with Crippen molar-refractivity contribution in [2.24, 2.45) is 5.16 Å². The van der Waals surface area contributed by atoms with Crippen molar-refractivity contribution in [1.82, 2.24) is 35.5 Å². The van der Waals surface area contributed by atoms with E-state index in [1.807, 2.05) is 0 Å². The quantitative estimate of drug-likeness (QED) is 0.102. The van der Waals surface area contributed by atoms with E-state index in [1.54, 1.807) is 0 Å². The van der Waals surface area contributed by atoms with Crippen molar-refractivity contribution in [3.63, 3.8) is 0 Å². The minimum Gasteiger partial charge on any atom is -0.477 e. The van der Waals surface area contributed by atoms with E-state index in [0.29, 0.717) is 16.5 Å². The number of hydrogen-bond acceptors (Lipinski definition) is 14. The molecule has 0 aromatic carbocycles. The average molecular weight is 513 g/mol. The molecule has 6 N–H and O–H groups in total. The standard InChI is InChI=1S/C15H16N10O5S3/c1-30-21-7(6-4-32-14(16)18-6)10(26)19-8-11(27)24-9(13(28)29)5(2-31-12(8)24)3-33-15-20-22-23-25(15)17/h4,8,12H,2-3,17H2,1H3,(H2,16,18)(H,19,26)(H,28,29)/b21-7-/t8-,12-/m1/s1. The molecule has 2 atom stereocenters. The molecule has 0 bridgehead atoms. The molecule has 4 heterocycles. The van der Waals surface area contributed by atoms with Gasteiger partial charge in [0.1, 0.15) is 29.9 Å². The largest absolute Gasteiger partial charge is 0.477 e. The summed E-state index contributed by atoms with van der Waals surface area (Å²) >= 11 is 3.59. The molecule has 1 fully saturated rings. The second-order valence-electron chi connectivity index (χ2n) is 6.51. The van der Waals surface area contributed by atoms with Crippen LogP contribution < -0.4 is 16.9 Å². The SMILES string of the molecule is CO/N=C(\C(=O)N[C@@H]1C(=O)N2C(C(=O)O)=C(CSc3nnnn3N)CS[C@H]12)c1csc(N)n1. The van der Waals surface area contributed by atoms with Gasteiger partial charge in [-0.1, -0.05) is 22.0 Å². The predicted octanol–water partition coefficient (Wildman–Crippen LogP) is -1.69. The van der Waals surface area contributed by atoms with Crippen LogP contribution in [0.2, 0.25) is 0 Å². The average Bonchev–Trinajstić information content (AvgIpc) is 3.40. The number of thiazole rings is 1. The van der Waals surface area contributed by atoms with Crippen LogP contribution in [0.4, 0.5) is 5.13 Å². The number of amides is 2. The second kappa shape index (κ2) is 9.24. The third-order valence-electron chi connectivity index (χ3n) is 4.54. The summed E-state index contributed by atoms with van der Waals surface area (Å²) in [7, 11) is 1.27. The lowest BCUT2D eigenvalue weighted by atomic mass is 10.0. The summed E-state index contributed by atoms with van der Waals surface area (Å²) in [5, 5.41) is 28.2. The summed E-state index contributed by atoms with van der Waals surface area (Å²) in [6.45, 7) is 0. The Hall–Kier alpha value is -3.38. The Morgan fingerprint density at radius 1 is 1.48 bits per heavy atom. The van der Waals surface area contributed by atoms with Gasteiger partial charge in [-0.15, -0.1) is 27.9 Å². The van der Waals surface area contributed by atoms with Crippen molar-refractivity contribution < 1.29 is 24.3 Å². The number of carbonyl (C=O) groups is 3. The van der Waals surface area contributed by atoms with Crippen LogP contribution in [-0.2, 0) is 19.2 Å². The third kappa shape index (κ3) is 4.31. The predicted molar refractivity (Wildman–Crippen MR) is 118 cm³/mol. The Kier molecular flexibility index (Phi) is 6.38. The molecule has 4 rings (SSSR count). The van der Waals surface area contributed by atoms with E-state index in [9.17, 15) is 19.5 Å². The van der Waals surface area contributed by atoms with Crippen LogP contribution in [0.25, 0.3) is 0 Å². The van der Waals surface area contributed by atoms with Gasteiger partial charge < -0.3 is 26.8 Å². The maximum Gasteiger partial charge on any atom is 0.352 e. The zero-order valence-electron chi connectivity index (χ0n) is 16.7. The van der Waals surface area contributed by atoms with E-state index in [1.165, 1.54) is 24.3 Å². The van der Waals surface area contributed by atoms with Gasteiger partial charge in [-0.2, -0.15) is 0 Å². The first-order valence-corrected chi connectivity index (χ1v) is 11.9. The van der Waals surface area contributed by atoms with Crippen LogP contribution in [0, 0.1) is 0 Å². The molecule has 0 radical (unpaired) electrons. The maximum absolute atomic E-state index is 12.8. The molecule has 2 aliphatic rings. The maximum atomic E-state index is 12.8. The molecule has 0 saturated carbocycles. The van der Waals surface area contributed by atoms with Gasteiger partial charge in [0.2, 0.25) is 5.16 Å². The Morgan fingerprint density at radius 3 is 2.88 bits per heavy atom. The van der Waals surface area contributed by atoms with Crippen molar-refractivity contribution in [3.05, 3.63) is 22.3 Å². The van der Waals surface area contributed by atoms with Crippen molar-refractivity contribution in [3.8, 4) is 0 Å². The normalized spacial score (nSPS) is 20.3. The Labute approximate surface area is 197 Å². The van der Waals surface area contributed by atoms with Gasteiger partial charge in [0.15, 0.2) is 10.8 Å². The fraction of sp³-hybridized carbons (Fsp3) is 0.333. The molecule has 0 aliphatic carbocycles. The Morgan fingerprint density at radius 2 is 2.27 bits per heavy atom. The minimum absolute atomic E-state index is 0.129. The monoisotopic (exact) mass is 512 g/mol. The highest BCUT2D eigenvalue weighted by molar-refractivity contribution is 8.01. The number of carboxylic acids is 1. The number of fused-ring (bicyclic) bond motifs is 1. The number of hydrogen-bond donors (Lipinski definition) is 4. The zero-order chi connectivity index (χ0) is 23.7. The number of nitrogens with two attached hydrogens (primary N) is 2. The molecular weight excluding hydrogens is 496 g/mol. The van der Waals surface area contributed by atoms with Gasteiger partial charge in [0.05, 0.1) is 0 Å². The first kappa shape index (κ1) is 22.8. The molecule has 2 aliphatic heterocycles. The van der Waals surface area contributed by atoms with E-state index in [4.69, 9.17) is 16.4 Å². The molecule has 0 unspecified atom stereocenters. The Bertz CT molecular complexity index is 1180. The molecule has 2 aromatic heterocycles. The van der Waals surface area contributed by atoms with E-state index in [0.717, 1.165) is 32.8 Å². The lowest BCUT2D eigenvalue weighted by Crippen LogP contribution is -2.71. The van der Waals surface area contributed by atoms with E-state index < -0.39 is 29.2 Å². The van der Waals surface area contributed by atoms with E-state index >= 15 is 0 Å². The smallest absolute Gasteiger partial charge is 0.352 e. The van der Waals surface area contributed by atoms with Crippen LogP contribution >= 0.6 is 34.9 Å². The highest BCUT2D eigenvalue weighted by atomic mass is 32.2. The van der Waals surface area contributed by atoms with Crippen molar-refractivity contribution in [2.75, 3.05) is 30.2 Å². The zero-order valence-corrected chi connectivity index (χ0v) is 19.2. The highest BCUT2D eigenvalue weighted by Crippen LogP contribution is 2.41. The van der Waals surface area contributed by atoms with Crippen LogP contribution in [0.3, 0.4) is 0 Å². The molecule has 2 aromatic rings. The van der Waals surface area contributed by atoms with Gasteiger partial charge >= 0.3 is 5.97 Å². The summed E-state index contributed by atoms with van der Waals surface area (Å²) in [5.41, 5.74) is 6.04. The molecule has 0 spiro atoms. The number of carboxylic acid groups (broad SMARTS) is 1. The van der Waals surface area contributed by atoms with Crippen LogP contribution in [-0.4, -0.2) is 88.8 Å². The highest BCUT2D eigenvalue weighted by Gasteiger charge is 2.54. The summed E-state index contributed by atoms with van der Waals surface area (Å²) in [6, 6.07) is -0.944. The number of β-lactam (4-membered cyclic amide) rings is 1. The second-order valence-corrected chi connectivity index (χ2v) is 9.44. The number of anilines is 1. The first-order valence-electron chi connectivity index (χ1n) is 9.01. The lowest BCUT2D eigenvalue weighted by Gasteiger charge is -2.49. The molecule has 33 heavy (non-hydrogen) atoms. The number of tetrazole rings is 1. The number of carbonyl (C=O) groups excluding carboxylic acids is 2. The van der Waals surface area contributed by atoms with Crippen molar-refractivity contribution in [1.29, 1.82) is 0 Å². The van der Waals surface area contributed by atoms with Gasteiger partial charge in [0.25, 0.3) is 11.8 Å².